The Bertz CT molecular complexity index is 823. The molecule has 0 aliphatic rings. The quantitative estimate of drug-likeness (QED) is 0.605. The molecule has 0 radical (unpaired) electrons. The van der Waals surface area contributed by atoms with E-state index in [0.29, 0.717) is 24.9 Å². The number of rotatable bonds is 9. The van der Waals surface area contributed by atoms with Gasteiger partial charge in [0.25, 0.3) is 0 Å². The molecule has 0 bridgehead atoms. The average molecular weight is 355 g/mol. The van der Waals surface area contributed by atoms with Gasteiger partial charge in [0.1, 0.15) is 5.76 Å². The molecule has 0 atom stereocenters. The summed E-state index contributed by atoms with van der Waals surface area (Å²) in [5.41, 5.74) is 1.13. The lowest BCUT2D eigenvalue weighted by Crippen LogP contribution is -2.10. The summed E-state index contributed by atoms with van der Waals surface area (Å²) < 4.78 is 15.8. The summed E-state index contributed by atoms with van der Waals surface area (Å²) in [5.74, 6) is 3.34. The number of benzene rings is 1. The fraction of sp³-hybridized carbons (Fsp3) is 0.278. The number of nitrogens with one attached hydrogen (secondary N) is 2. The van der Waals surface area contributed by atoms with E-state index in [2.05, 4.69) is 25.8 Å². The van der Waals surface area contributed by atoms with Gasteiger partial charge in [-0.3, -0.25) is 0 Å². The standard InChI is InChI=1S/C18H21N5O3/c1-24-15-6-5-13(10-16(15)25-2)7-8-19-17-12-21-23-18(22-17)20-11-14-4-3-9-26-14/h3-6,9-10,12H,7-8,11H2,1-2H3,(H2,19,20,22,23). The molecule has 0 amide bonds. The van der Waals surface area contributed by atoms with Gasteiger partial charge in [0.15, 0.2) is 17.3 Å². The van der Waals surface area contributed by atoms with Crippen molar-refractivity contribution in [3.05, 3.63) is 54.1 Å². The molecule has 0 spiro atoms. The third-order valence-electron chi connectivity index (χ3n) is 3.73. The molecule has 0 unspecified atom stereocenters. The van der Waals surface area contributed by atoms with E-state index in [1.165, 1.54) is 0 Å². The Kier molecular flexibility index (Phi) is 5.87. The Hall–Kier alpha value is -3.29. The average Bonchev–Trinajstić information content (AvgIpc) is 3.20. The van der Waals surface area contributed by atoms with E-state index in [0.717, 1.165) is 29.2 Å². The summed E-state index contributed by atoms with van der Waals surface area (Å²) in [6, 6.07) is 9.59. The van der Waals surface area contributed by atoms with Crippen molar-refractivity contribution in [1.82, 2.24) is 15.2 Å². The Labute approximate surface area is 151 Å². The highest BCUT2D eigenvalue weighted by molar-refractivity contribution is 5.43. The maximum absolute atomic E-state index is 5.32. The van der Waals surface area contributed by atoms with Gasteiger partial charge in [-0.15, -0.1) is 5.10 Å². The van der Waals surface area contributed by atoms with Crippen molar-refractivity contribution in [3.8, 4) is 11.5 Å². The van der Waals surface area contributed by atoms with Gasteiger partial charge in [-0.2, -0.15) is 10.1 Å². The zero-order valence-electron chi connectivity index (χ0n) is 14.7. The Morgan fingerprint density at radius 3 is 2.73 bits per heavy atom. The van der Waals surface area contributed by atoms with Crippen molar-refractivity contribution in [2.75, 3.05) is 31.4 Å². The molecule has 136 valence electrons. The van der Waals surface area contributed by atoms with Crippen LogP contribution in [0.4, 0.5) is 11.8 Å². The highest BCUT2D eigenvalue weighted by atomic mass is 16.5. The summed E-state index contributed by atoms with van der Waals surface area (Å²) >= 11 is 0. The molecule has 8 nitrogen and oxygen atoms in total. The SMILES string of the molecule is COc1ccc(CCNc2cnnc(NCc3ccco3)n2)cc1OC. The van der Waals surface area contributed by atoms with Gasteiger partial charge < -0.3 is 24.5 Å². The fourth-order valence-corrected chi connectivity index (χ4v) is 2.41. The number of hydrogen-bond donors (Lipinski definition) is 2. The lowest BCUT2D eigenvalue weighted by Gasteiger charge is -2.10. The minimum Gasteiger partial charge on any atom is -0.493 e. The second-order valence-corrected chi connectivity index (χ2v) is 5.46. The first-order valence-electron chi connectivity index (χ1n) is 8.19. The molecule has 1 aromatic carbocycles. The number of hydrogen-bond acceptors (Lipinski definition) is 8. The fourth-order valence-electron chi connectivity index (χ4n) is 2.41. The van der Waals surface area contributed by atoms with E-state index < -0.39 is 0 Å². The summed E-state index contributed by atoms with van der Waals surface area (Å²) in [5, 5.41) is 14.2. The van der Waals surface area contributed by atoms with Gasteiger partial charge in [-0.25, -0.2) is 0 Å². The van der Waals surface area contributed by atoms with Crippen LogP contribution in [0.3, 0.4) is 0 Å². The van der Waals surface area contributed by atoms with Gasteiger partial charge in [0.05, 0.1) is 33.2 Å². The topological polar surface area (TPSA) is 94.3 Å². The van der Waals surface area contributed by atoms with Crippen molar-refractivity contribution >= 4 is 11.8 Å². The molecule has 2 aromatic heterocycles. The van der Waals surface area contributed by atoms with E-state index in [1.54, 1.807) is 26.7 Å². The van der Waals surface area contributed by atoms with Crippen molar-refractivity contribution in [2.24, 2.45) is 0 Å². The van der Waals surface area contributed by atoms with Crippen LogP contribution in [0.2, 0.25) is 0 Å². The smallest absolute Gasteiger partial charge is 0.245 e. The maximum Gasteiger partial charge on any atom is 0.245 e. The molecule has 0 aliphatic heterocycles. The normalized spacial score (nSPS) is 10.4. The van der Waals surface area contributed by atoms with E-state index in [1.807, 2.05) is 30.3 Å². The lowest BCUT2D eigenvalue weighted by molar-refractivity contribution is 0.354. The highest BCUT2D eigenvalue weighted by Gasteiger charge is 2.05. The molecule has 26 heavy (non-hydrogen) atoms. The molecule has 8 heteroatoms. The Morgan fingerprint density at radius 2 is 1.96 bits per heavy atom. The number of nitrogens with zero attached hydrogens (tertiary/aromatic N) is 3. The highest BCUT2D eigenvalue weighted by Crippen LogP contribution is 2.27. The Morgan fingerprint density at radius 1 is 1.08 bits per heavy atom. The van der Waals surface area contributed by atoms with Crippen LogP contribution >= 0.6 is 0 Å². The first-order valence-corrected chi connectivity index (χ1v) is 8.19. The van der Waals surface area contributed by atoms with Crippen LogP contribution < -0.4 is 20.1 Å². The largest absolute Gasteiger partial charge is 0.493 e. The van der Waals surface area contributed by atoms with Crippen LogP contribution in [0.25, 0.3) is 0 Å². The number of anilines is 2. The maximum atomic E-state index is 5.32. The number of methoxy groups -OCH3 is 2. The van der Waals surface area contributed by atoms with Crippen molar-refractivity contribution < 1.29 is 13.9 Å². The van der Waals surface area contributed by atoms with E-state index in [9.17, 15) is 0 Å². The molecular formula is C18H21N5O3. The van der Waals surface area contributed by atoms with Crippen LogP contribution in [-0.2, 0) is 13.0 Å². The molecule has 0 aliphatic carbocycles. The van der Waals surface area contributed by atoms with Crippen LogP contribution in [0.1, 0.15) is 11.3 Å². The van der Waals surface area contributed by atoms with Gasteiger partial charge in [0.2, 0.25) is 5.95 Å². The first-order chi connectivity index (χ1) is 12.8. The van der Waals surface area contributed by atoms with E-state index in [4.69, 9.17) is 13.9 Å². The van der Waals surface area contributed by atoms with Gasteiger partial charge in [0, 0.05) is 6.54 Å². The van der Waals surface area contributed by atoms with E-state index in [-0.39, 0.29) is 0 Å². The molecule has 0 saturated heterocycles. The molecule has 2 N–H and O–H groups in total. The molecule has 0 saturated carbocycles. The summed E-state index contributed by atoms with van der Waals surface area (Å²) in [6.45, 7) is 1.20. The van der Waals surface area contributed by atoms with Crippen molar-refractivity contribution in [3.63, 3.8) is 0 Å². The predicted octanol–water partition coefficient (Wildman–Crippen LogP) is 2.75. The molecule has 3 rings (SSSR count). The van der Waals surface area contributed by atoms with Crippen molar-refractivity contribution in [1.29, 1.82) is 0 Å². The van der Waals surface area contributed by atoms with Crippen LogP contribution in [-0.4, -0.2) is 35.9 Å². The predicted molar refractivity (Wildman–Crippen MR) is 97.6 cm³/mol. The van der Waals surface area contributed by atoms with Crippen LogP contribution in [0, 0.1) is 0 Å². The minimum absolute atomic E-state index is 0.442. The molecular weight excluding hydrogens is 334 g/mol. The summed E-state index contributed by atoms with van der Waals surface area (Å²) in [6.07, 6.45) is 4.02. The second kappa shape index (κ2) is 8.70. The van der Waals surface area contributed by atoms with Gasteiger partial charge in [-0.05, 0) is 36.2 Å². The van der Waals surface area contributed by atoms with Gasteiger partial charge in [-0.1, -0.05) is 6.07 Å². The first kappa shape index (κ1) is 17.5. The number of ether oxygens (including phenoxy) is 2. The van der Waals surface area contributed by atoms with Crippen LogP contribution in [0.15, 0.2) is 47.2 Å². The summed E-state index contributed by atoms with van der Waals surface area (Å²) in [7, 11) is 3.25. The number of furan rings is 1. The number of aromatic nitrogens is 3. The molecule has 2 heterocycles. The van der Waals surface area contributed by atoms with Crippen molar-refractivity contribution in [2.45, 2.75) is 13.0 Å². The zero-order valence-corrected chi connectivity index (χ0v) is 14.7. The minimum atomic E-state index is 0.442. The van der Waals surface area contributed by atoms with Gasteiger partial charge >= 0.3 is 0 Å². The van der Waals surface area contributed by atoms with E-state index >= 15 is 0 Å². The Balaban J connectivity index is 1.52. The third kappa shape index (κ3) is 4.62. The van der Waals surface area contributed by atoms with Crippen LogP contribution in [0.5, 0.6) is 11.5 Å². The zero-order chi connectivity index (χ0) is 18.2. The molecule has 0 fully saturated rings. The summed E-state index contributed by atoms with van der Waals surface area (Å²) in [4.78, 5) is 4.38. The monoisotopic (exact) mass is 355 g/mol. The second-order valence-electron chi connectivity index (χ2n) is 5.46. The lowest BCUT2D eigenvalue weighted by atomic mass is 10.1. The molecule has 3 aromatic rings. The third-order valence-corrected chi connectivity index (χ3v) is 3.73.